The molecule has 3 fully saturated rings. The number of piperidine rings is 1. The Hall–Kier alpha value is -1.46. The van der Waals surface area contributed by atoms with Gasteiger partial charge in [0, 0.05) is 32.2 Å². The minimum absolute atomic E-state index is 0.0274. The van der Waals surface area contributed by atoms with E-state index in [0.717, 1.165) is 44.2 Å². The van der Waals surface area contributed by atoms with Gasteiger partial charge in [-0.3, -0.25) is 0 Å². The van der Waals surface area contributed by atoms with Crippen LogP contribution in [0.15, 0.2) is 0 Å². The summed E-state index contributed by atoms with van der Waals surface area (Å²) < 4.78 is 5.43. The third-order valence-electron chi connectivity index (χ3n) is 6.56. The smallest absolute Gasteiger partial charge is 0.410 e. The van der Waals surface area contributed by atoms with E-state index in [1.165, 1.54) is 38.5 Å². The summed E-state index contributed by atoms with van der Waals surface area (Å²) in [5.41, 5.74) is -0.486. The van der Waals surface area contributed by atoms with E-state index < -0.39 is 5.60 Å². The van der Waals surface area contributed by atoms with Crippen LogP contribution in [0.4, 0.5) is 9.59 Å². The van der Waals surface area contributed by atoms with E-state index in [-0.39, 0.29) is 18.2 Å². The Morgan fingerprint density at radius 3 is 2.00 bits per heavy atom. The largest absolute Gasteiger partial charge is 0.444 e. The van der Waals surface area contributed by atoms with Gasteiger partial charge in [0.25, 0.3) is 0 Å². The molecule has 6 heteroatoms. The van der Waals surface area contributed by atoms with Gasteiger partial charge in [0.1, 0.15) is 5.60 Å². The number of hydrogen-bond acceptors (Lipinski definition) is 3. The molecular formula is C22H39N3O3. The Balaban J connectivity index is 1.39. The summed E-state index contributed by atoms with van der Waals surface area (Å²) in [5, 5.41) is 3.14. The van der Waals surface area contributed by atoms with Crippen molar-refractivity contribution in [3.05, 3.63) is 0 Å². The standard InChI is InChI=1S/C22H39N3O3/c1-22(2,3)28-21(27)25-15-12-19(16-25)23-20(26)24-13-10-18(11-14-24)17-8-6-4-5-7-9-17/h17-19H,4-16H2,1-3H3,(H,23,26)/t19-/m1/s1. The van der Waals surface area contributed by atoms with Crippen LogP contribution in [-0.2, 0) is 4.74 Å². The molecule has 0 bridgehead atoms. The number of likely N-dealkylation sites (tertiary alicyclic amines) is 2. The van der Waals surface area contributed by atoms with Crippen molar-refractivity contribution in [1.82, 2.24) is 15.1 Å². The molecule has 3 aliphatic rings. The van der Waals surface area contributed by atoms with E-state index in [9.17, 15) is 9.59 Å². The molecule has 0 radical (unpaired) electrons. The first-order valence-electron chi connectivity index (χ1n) is 11.4. The molecule has 6 nitrogen and oxygen atoms in total. The van der Waals surface area contributed by atoms with Crippen LogP contribution in [0.3, 0.4) is 0 Å². The number of carbonyl (C=O) groups excluding carboxylic acids is 2. The number of nitrogens with zero attached hydrogens (tertiary/aromatic N) is 2. The molecule has 1 saturated carbocycles. The quantitative estimate of drug-likeness (QED) is 0.708. The Bertz CT molecular complexity index is 530. The first kappa shape index (κ1) is 21.3. The normalized spacial score (nSPS) is 25.5. The number of hydrogen-bond donors (Lipinski definition) is 1. The van der Waals surface area contributed by atoms with Gasteiger partial charge in [0.15, 0.2) is 0 Å². The zero-order valence-electron chi connectivity index (χ0n) is 18.0. The molecule has 0 unspecified atom stereocenters. The summed E-state index contributed by atoms with van der Waals surface area (Å²) in [4.78, 5) is 28.5. The predicted molar refractivity (Wildman–Crippen MR) is 110 cm³/mol. The Kier molecular flexibility index (Phi) is 7.10. The number of carbonyl (C=O) groups is 2. The first-order valence-corrected chi connectivity index (χ1v) is 11.4. The molecule has 1 aliphatic carbocycles. The van der Waals surface area contributed by atoms with Crippen LogP contribution in [0.1, 0.15) is 78.6 Å². The average molecular weight is 394 g/mol. The fourth-order valence-corrected chi connectivity index (χ4v) is 4.99. The lowest BCUT2D eigenvalue weighted by molar-refractivity contribution is 0.0290. The maximum absolute atomic E-state index is 12.7. The van der Waals surface area contributed by atoms with Gasteiger partial charge in [0.05, 0.1) is 0 Å². The molecule has 0 aromatic carbocycles. The van der Waals surface area contributed by atoms with Crippen molar-refractivity contribution in [3.8, 4) is 0 Å². The molecule has 0 spiro atoms. The van der Waals surface area contributed by atoms with Gasteiger partial charge in [-0.1, -0.05) is 38.5 Å². The van der Waals surface area contributed by atoms with Crippen molar-refractivity contribution < 1.29 is 14.3 Å². The monoisotopic (exact) mass is 393 g/mol. The Morgan fingerprint density at radius 2 is 1.39 bits per heavy atom. The predicted octanol–water partition coefficient (Wildman–Crippen LogP) is 4.39. The fraction of sp³-hybridized carbons (Fsp3) is 0.909. The molecule has 28 heavy (non-hydrogen) atoms. The van der Waals surface area contributed by atoms with Crippen LogP contribution < -0.4 is 5.32 Å². The molecule has 3 amide bonds. The molecule has 2 aliphatic heterocycles. The van der Waals surface area contributed by atoms with Crippen LogP contribution in [-0.4, -0.2) is 59.7 Å². The van der Waals surface area contributed by atoms with Gasteiger partial charge < -0.3 is 19.9 Å². The summed E-state index contributed by atoms with van der Waals surface area (Å²) in [6, 6.07) is 0.0648. The van der Waals surface area contributed by atoms with Crippen molar-refractivity contribution in [2.24, 2.45) is 11.8 Å². The summed E-state index contributed by atoms with van der Waals surface area (Å²) in [7, 11) is 0. The molecule has 1 N–H and O–H groups in total. The van der Waals surface area contributed by atoms with Crippen molar-refractivity contribution in [3.63, 3.8) is 0 Å². The van der Waals surface area contributed by atoms with E-state index in [1.54, 1.807) is 4.90 Å². The summed E-state index contributed by atoms with van der Waals surface area (Å²) in [6.07, 6.45) is 11.2. The van der Waals surface area contributed by atoms with E-state index in [4.69, 9.17) is 4.74 Å². The SMILES string of the molecule is CC(C)(C)OC(=O)N1CC[C@@H](NC(=O)N2CCC(C3CCCCCC3)CC2)C1. The minimum atomic E-state index is -0.486. The summed E-state index contributed by atoms with van der Waals surface area (Å²) in [5.74, 6) is 1.68. The molecule has 160 valence electrons. The highest BCUT2D eigenvalue weighted by atomic mass is 16.6. The minimum Gasteiger partial charge on any atom is -0.444 e. The molecular weight excluding hydrogens is 354 g/mol. The zero-order chi connectivity index (χ0) is 20.1. The van der Waals surface area contributed by atoms with E-state index in [2.05, 4.69) is 5.32 Å². The van der Waals surface area contributed by atoms with Gasteiger partial charge in [-0.05, 0) is 51.9 Å². The van der Waals surface area contributed by atoms with Gasteiger partial charge in [0.2, 0.25) is 0 Å². The number of ether oxygens (including phenoxy) is 1. The first-order chi connectivity index (χ1) is 13.3. The van der Waals surface area contributed by atoms with E-state index >= 15 is 0 Å². The van der Waals surface area contributed by atoms with E-state index in [0.29, 0.717) is 13.1 Å². The lowest BCUT2D eigenvalue weighted by Gasteiger charge is -2.36. The highest BCUT2D eigenvalue weighted by Gasteiger charge is 2.33. The third-order valence-corrected chi connectivity index (χ3v) is 6.56. The Labute approximate surface area is 170 Å². The number of urea groups is 1. The maximum atomic E-state index is 12.7. The maximum Gasteiger partial charge on any atom is 0.410 e. The summed E-state index contributed by atoms with van der Waals surface area (Å²) in [6.45, 7) is 8.55. The second kappa shape index (κ2) is 9.36. The molecule has 1 atom stereocenters. The fourth-order valence-electron chi connectivity index (χ4n) is 4.99. The van der Waals surface area contributed by atoms with Gasteiger partial charge in [-0.25, -0.2) is 9.59 Å². The topological polar surface area (TPSA) is 61.9 Å². The number of amides is 3. The molecule has 2 heterocycles. The van der Waals surface area contributed by atoms with Crippen molar-refractivity contribution in [2.45, 2.75) is 90.2 Å². The van der Waals surface area contributed by atoms with Crippen molar-refractivity contribution in [2.75, 3.05) is 26.2 Å². The van der Waals surface area contributed by atoms with Crippen molar-refractivity contribution >= 4 is 12.1 Å². The van der Waals surface area contributed by atoms with Gasteiger partial charge >= 0.3 is 12.1 Å². The lowest BCUT2D eigenvalue weighted by atomic mass is 9.80. The average Bonchev–Trinajstić information content (AvgIpc) is 2.94. The highest BCUT2D eigenvalue weighted by Crippen LogP contribution is 2.34. The summed E-state index contributed by atoms with van der Waals surface area (Å²) >= 11 is 0. The Morgan fingerprint density at radius 1 is 0.821 bits per heavy atom. The molecule has 0 aromatic rings. The molecule has 2 saturated heterocycles. The second-order valence-corrected chi connectivity index (χ2v) is 9.94. The van der Waals surface area contributed by atoms with Crippen LogP contribution in [0.25, 0.3) is 0 Å². The van der Waals surface area contributed by atoms with Crippen LogP contribution in [0.5, 0.6) is 0 Å². The number of nitrogens with one attached hydrogen (secondary N) is 1. The molecule has 0 aromatic heterocycles. The number of rotatable bonds is 2. The third kappa shape index (κ3) is 6.02. The van der Waals surface area contributed by atoms with Gasteiger partial charge in [-0.2, -0.15) is 0 Å². The lowest BCUT2D eigenvalue weighted by Crippen LogP contribution is -2.49. The van der Waals surface area contributed by atoms with Crippen LogP contribution in [0.2, 0.25) is 0 Å². The zero-order valence-corrected chi connectivity index (χ0v) is 18.0. The highest BCUT2D eigenvalue weighted by molar-refractivity contribution is 5.75. The molecule has 3 rings (SSSR count). The van der Waals surface area contributed by atoms with Crippen LogP contribution in [0, 0.1) is 11.8 Å². The van der Waals surface area contributed by atoms with E-state index in [1.807, 2.05) is 25.7 Å². The van der Waals surface area contributed by atoms with Gasteiger partial charge in [-0.15, -0.1) is 0 Å². The second-order valence-electron chi connectivity index (χ2n) is 9.94. The van der Waals surface area contributed by atoms with Crippen molar-refractivity contribution in [1.29, 1.82) is 0 Å². The van der Waals surface area contributed by atoms with Crippen LogP contribution >= 0.6 is 0 Å².